The van der Waals surface area contributed by atoms with Crippen molar-refractivity contribution in [3.05, 3.63) is 0 Å². The molecule has 0 fully saturated rings. The van der Waals surface area contributed by atoms with Crippen molar-refractivity contribution in [3.8, 4) is 0 Å². The molecule has 2 unspecified atom stereocenters. The Labute approximate surface area is 113 Å². The van der Waals surface area contributed by atoms with E-state index in [4.69, 9.17) is 14.2 Å². The monoisotopic (exact) mass is 260 g/mol. The lowest BCUT2D eigenvalue weighted by Gasteiger charge is -2.17. The van der Waals surface area contributed by atoms with E-state index in [1.54, 1.807) is 0 Å². The lowest BCUT2D eigenvalue weighted by molar-refractivity contribution is -0.0570. The van der Waals surface area contributed by atoms with Gasteiger partial charge in [0.1, 0.15) is 0 Å². The van der Waals surface area contributed by atoms with Crippen molar-refractivity contribution in [2.24, 2.45) is 0 Å². The lowest BCUT2D eigenvalue weighted by atomic mass is 10.2. The number of unbranched alkanes of at least 4 members (excludes halogenated alkanes) is 3. The summed E-state index contributed by atoms with van der Waals surface area (Å²) in [6.07, 6.45) is 6.41. The van der Waals surface area contributed by atoms with Crippen LogP contribution in [0.15, 0.2) is 0 Å². The van der Waals surface area contributed by atoms with Gasteiger partial charge in [-0.25, -0.2) is 0 Å². The molecule has 0 heterocycles. The van der Waals surface area contributed by atoms with Crippen molar-refractivity contribution in [1.29, 1.82) is 0 Å². The van der Waals surface area contributed by atoms with Gasteiger partial charge in [0.15, 0.2) is 0 Å². The third-order valence-electron chi connectivity index (χ3n) is 2.72. The largest absolute Gasteiger partial charge is 0.379 e. The molecule has 0 aromatic heterocycles. The zero-order valence-electron chi connectivity index (χ0n) is 12.7. The molecule has 0 N–H and O–H groups in total. The van der Waals surface area contributed by atoms with E-state index in [1.807, 2.05) is 6.92 Å². The maximum absolute atomic E-state index is 5.68. The maximum atomic E-state index is 5.68. The second kappa shape index (κ2) is 13.3. The first-order valence-electron chi connectivity index (χ1n) is 7.51. The zero-order valence-corrected chi connectivity index (χ0v) is 12.7. The normalized spacial score (nSPS) is 14.7. The summed E-state index contributed by atoms with van der Waals surface area (Å²) in [6.45, 7) is 11.4. The van der Waals surface area contributed by atoms with Gasteiger partial charge in [0.25, 0.3) is 0 Å². The van der Waals surface area contributed by atoms with Crippen molar-refractivity contribution in [3.63, 3.8) is 0 Å². The summed E-state index contributed by atoms with van der Waals surface area (Å²) in [7, 11) is 0. The van der Waals surface area contributed by atoms with Crippen LogP contribution in [0.2, 0.25) is 0 Å². The third-order valence-corrected chi connectivity index (χ3v) is 2.72. The van der Waals surface area contributed by atoms with Gasteiger partial charge < -0.3 is 14.2 Å². The fraction of sp³-hybridized carbons (Fsp3) is 1.00. The molecule has 0 aliphatic heterocycles. The maximum Gasteiger partial charge on any atom is 0.0781 e. The number of hydrogen-bond acceptors (Lipinski definition) is 3. The van der Waals surface area contributed by atoms with E-state index in [2.05, 4.69) is 20.8 Å². The van der Waals surface area contributed by atoms with Crippen LogP contribution < -0.4 is 0 Å². The van der Waals surface area contributed by atoms with Crippen LogP contribution in [-0.2, 0) is 14.2 Å². The molecule has 0 rings (SSSR count). The first-order chi connectivity index (χ1) is 8.70. The van der Waals surface area contributed by atoms with Crippen LogP contribution >= 0.6 is 0 Å². The summed E-state index contributed by atoms with van der Waals surface area (Å²) in [5.41, 5.74) is 0. The minimum atomic E-state index is 0.156. The molecular formula is C15H32O3. The quantitative estimate of drug-likeness (QED) is 0.471. The minimum absolute atomic E-state index is 0.156. The molecule has 0 saturated heterocycles. The van der Waals surface area contributed by atoms with Gasteiger partial charge in [0.2, 0.25) is 0 Å². The Morgan fingerprint density at radius 2 is 1.44 bits per heavy atom. The molecule has 110 valence electrons. The summed E-state index contributed by atoms with van der Waals surface area (Å²) < 4.78 is 16.8. The van der Waals surface area contributed by atoms with Crippen LogP contribution in [0.25, 0.3) is 0 Å². The van der Waals surface area contributed by atoms with Gasteiger partial charge in [-0.3, -0.25) is 0 Å². The van der Waals surface area contributed by atoms with Crippen LogP contribution in [0.1, 0.15) is 59.8 Å². The number of hydrogen-bond donors (Lipinski definition) is 0. The van der Waals surface area contributed by atoms with Gasteiger partial charge in [-0.15, -0.1) is 0 Å². The molecule has 2 atom stereocenters. The Morgan fingerprint density at radius 1 is 0.722 bits per heavy atom. The fourth-order valence-electron chi connectivity index (χ4n) is 1.60. The van der Waals surface area contributed by atoms with Crippen LogP contribution in [-0.4, -0.2) is 38.6 Å². The SMILES string of the molecule is CCCCCCOCC(C)OCC(C)OCCC. The molecular weight excluding hydrogens is 228 g/mol. The third kappa shape index (κ3) is 12.3. The average Bonchev–Trinajstić information content (AvgIpc) is 2.38. The summed E-state index contributed by atoms with van der Waals surface area (Å²) in [6, 6.07) is 0. The topological polar surface area (TPSA) is 27.7 Å². The van der Waals surface area contributed by atoms with E-state index in [0.717, 1.165) is 26.1 Å². The molecule has 0 aliphatic rings. The molecule has 0 saturated carbocycles. The predicted octanol–water partition coefficient (Wildman–Crippen LogP) is 3.80. The Kier molecular flexibility index (Phi) is 13.2. The van der Waals surface area contributed by atoms with E-state index < -0.39 is 0 Å². The van der Waals surface area contributed by atoms with Crippen LogP contribution in [0.3, 0.4) is 0 Å². The zero-order chi connectivity index (χ0) is 13.6. The number of rotatable bonds is 13. The van der Waals surface area contributed by atoms with Crippen LogP contribution in [0.4, 0.5) is 0 Å². The predicted molar refractivity (Wildman–Crippen MR) is 76.1 cm³/mol. The van der Waals surface area contributed by atoms with Gasteiger partial charge in [-0.2, -0.15) is 0 Å². The molecule has 0 aromatic carbocycles. The van der Waals surface area contributed by atoms with E-state index in [9.17, 15) is 0 Å². The van der Waals surface area contributed by atoms with Crippen molar-refractivity contribution in [2.45, 2.75) is 72.0 Å². The number of ether oxygens (including phenoxy) is 3. The van der Waals surface area contributed by atoms with Crippen molar-refractivity contribution in [2.75, 3.05) is 26.4 Å². The Hall–Kier alpha value is -0.120. The van der Waals surface area contributed by atoms with E-state index >= 15 is 0 Å². The molecule has 0 aliphatic carbocycles. The summed E-state index contributed by atoms with van der Waals surface area (Å²) in [4.78, 5) is 0. The Balaban J connectivity index is 3.28. The fourth-order valence-corrected chi connectivity index (χ4v) is 1.60. The van der Waals surface area contributed by atoms with Crippen LogP contribution in [0, 0.1) is 0 Å². The van der Waals surface area contributed by atoms with Gasteiger partial charge in [0, 0.05) is 13.2 Å². The molecule has 0 aromatic rings. The first-order valence-corrected chi connectivity index (χ1v) is 7.51. The Morgan fingerprint density at radius 3 is 2.11 bits per heavy atom. The highest BCUT2D eigenvalue weighted by Crippen LogP contribution is 2.01. The van der Waals surface area contributed by atoms with Gasteiger partial charge in [-0.05, 0) is 26.7 Å². The first kappa shape index (κ1) is 17.9. The standard InChI is InChI=1S/C15H32O3/c1-5-7-8-9-11-16-12-14(3)18-13-15(4)17-10-6-2/h14-15H,5-13H2,1-4H3. The van der Waals surface area contributed by atoms with Crippen molar-refractivity contribution in [1.82, 2.24) is 0 Å². The highest BCUT2D eigenvalue weighted by molar-refractivity contribution is 4.52. The highest BCUT2D eigenvalue weighted by atomic mass is 16.6. The average molecular weight is 260 g/mol. The van der Waals surface area contributed by atoms with E-state index in [1.165, 1.54) is 19.3 Å². The van der Waals surface area contributed by atoms with Gasteiger partial charge >= 0.3 is 0 Å². The van der Waals surface area contributed by atoms with E-state index in [0.29, 0.717) is 13.2 Å². The smallest absolute Gasteiger partial charge is 0.0781 e. The van der Waals surface area contributed by atoms with E-state index in [-0.39, 0.29) is 12.2 Å². The summed E-state index contributed by atoms with van der Waals surface area (Å²) >= 11 is 0. The van der Waals surface area contributed by atoms with Crippen molar-refractivity contribution >= 4 is 0 Å². The minimum Gasteiger partial charge on any atom is -0.379 e. The molecule has 3 nitrogen and oxygen atoms in total. The molecule has 0 spiro atoms. The second-order valence-electron chi connectivity index (χ2n) is 4.96. The molecule has 0 bridgehead atoms. The highest BCUT2D eigenvalue weighted by Gasteiger charge is 2.06. The van der Waals surface area contributed by atoms with Crippen LogP contribution in [0.5, 0.6) is 0 Å². The Bertz CT molecular complexity index is 162. The molecule has 3 heteroatoms. The second-order valence-corrected chi connectivity index (χ2v) is 4.96. The summed E-state index contributed by atoms with van der Waals surface area (Å²) in [5, 5.41) is 0. The molecule has 18 heavy (non-hydrogen) atoms. The van der Waals surface area contributed by atoms with Gasteiger partial charge in [-0.1, -0.05) is 33.1 Å². The van der Waals surface area contributed by atoms with Gasteiger partial charge in [0.05, 0.1) is 25.4 Å². The lowest BCUT2D eigenvalue weighted by Crippen LogP contribution is -2.23. The summed E-state index contributed by atoms with van der Waals surface area (Å²) in [5.74, 6) is 0. The molecule has 0 radical (unpaired) electrons. The van der Waals surface area contributed by atoms with Crippen molar-refractivity contribution < 1.29 is 14.2 Å². The molecule has 0 amide bonds.